The Balaban J connectivity index is 2.14. The van der Waals surface area contributed by atoms with Gasteiger partial charge < -0.3 is 9.88 Å². The molecule has 0 spiro atoms. The van der Waals surface area contributed by atoms with Crippen molar-refractivity contribution >= 4 is 16.6 Å². The number of pyridine rings is 1. The van der Waals surface area contributed by atoms with Crippen LogP contribution in [0, 0.1) is 0 Å². The third kappa shape index (κ3) is 2.52. The molecular formula is C16H14F3N3. The number of nitrogens with zero attached hydrogens (tertiary/aromatic N) is 2. The molecular weight excluding hydrogens is 291 g/mol. The van der Waals surface area contributed by atoms with Crippen molar-refractivity contribution in [3.8, 4) is 11.3 Å². The SMILES string of the molecule is CN(C)c1cnccc1-c1cc2cc(C(F)(F)F)ccc2[nH]1. The second-order valence-electron chi connectivity index (χ2n) is 5.27. The van der Waals surface area contributed by atoms with E-state index in [1.54, 1.807) is 18.5 Å². The van der Waals surface area contributed by atoms with Gasteiger partial charge in [0.2, 0.25) is 0 Å². The molecule has 3 rings (SSSR count). The summed E-state index contributed by atoms with van der Waals surface area (Å²) in [6.45, 7) is 0. The molecule has 2 aromatic heterocycles. The van der Waals surface area contributed by atoms with Crippen LogP contribution in [-0.4, -0.2) is 24.1 Å². The Morgan fingerprint density at radius 2 is 1.86 bits per heavy atom. The van der Waals surface area contributed by atoms with Gasteiger partial charge in [0, 0.05) is 42.5 Å². The predicted molar refractivity (Wildman–Crippen MR) is 80.9 cm³/mol. The monoisotopic (exact) mass is 305 g/mol. The molecule has 0 saturated heterocycles. The van der Waals surface area contributed by atoms with Crippen LogP contribution in [0.3, 0.4) is 0 Å². The van der Waals surface area contributed by atoms with Crippen molar-refractivity contribution in [3.05, 3.63) is 48.3 Å². The highest BCUT2D eigenvalue weighted by Crippen LogP contribution is 2.34. The Labute approximate surface area is 125 Å². The zero-order valence-electron chi connectivity index (χ0n) is 12.1. The number of fused-ring (bicyclic) bond motifs is 1. The van der Waals surface area contributed by atoms with Gasteiger partial charge in [-0.2, -0.15) is 13.2 Å². The van der Waals surface area contributed by atoms with Crippen LogP contribution in [0.25, 0.3) is 22.2 Å². The summed E-state index contributed by atoms with van der Waals surface area (Å²) in [7, 11) is 3.79. The average Bonchev–Trinajstić information content (AvgIpc) is 2.89. The maximum absolute atomic E-state index is 12.8. The summed E-state index contributed by atoms with van der Waals surface area (Å²) in [6, 6.07) is 7.27. The molecule has 2 heterocycles. The van der Waals surface area contributed by atoms with Crippen molar-refractivity contribution in [2.24, 2.45) is 0 Å². The fourth-order valence-corrected chi connectivity index (χ4v) is 2.42. The summed E-state index contributed by atoms with van der Waals surface area (Å²) in [6.07, 6.45) is -0.950. The number of benzene rings is 1. The maximum Gasteiger partial charge on any atom is 0.416 e. The van der Waals surface area contributed by atoms with Gasteiger partial charge in [-0.3, -0.25) is 4.98 Å². The van der Waals surface area contributed by atoms with Crippen LogP contribution in [0.4, 0.5) is 18.9 Å². The molecule has 0 bridgehead atoms. The van der Waals surface area contributed by atoms with Crippen LogP contribution < -0.4 is 4.90 Å². The second kappa shape index (κ2) is 5.05. The summed E-state index contributed by atoms with van der Waals surface area (Å²) < 4.78 is 38.4. The summed E-state index contributed by atoms with van der Waals surface area (Å²) in [4.78, 5) is 9.16. The van der Waals surface area contributed by atoms with Crippen LogP contribution in [0.1, 0.15) is 5.56 Å². The first-order chi connectivity index (χ1) is 10.4. The average molecular weight is 305 g/mol. The maximum atomic E-state index is 12.8. The largest absolute Gasteiger partial charge is 0.416 e. The van der Waals surface area contributed by atoms with Gasteiger partial charge in [-0.25, -0.2) is 0 Å². The minimum absolute atomic E-state index is 0.534. The number of aromatic nitrogens is 2. The number of rotatable bonds is 2. The van der Waals surface area contributed by atoms with Gasteiger partial charge in [0.1, 0.15) is 0 Å². The molecule has 0 amide bonds. The second-order valence-corrected chi connectivity index (χ2v) is 5.27. The molecule has 1 N–H and O–H groups in total. The first kappa shape index (κ1) is 14.4. The summed E-state index contributed by atoms with van der Waals surface area (Å²) in [5.41, 5.74) is 2.58. The zero-order chi connectivity index (χ0) is 15.9. The minimum atomic E-state index is -4.34. The molecule has 1 aromatic carbocycles. The zero-order valence-corrected chi connectivity index (χ0v) is 12.1. The number of alkyl halides is 3. The minimum Gasteiger partial charge on any atom is -0.376 e. The normalized spacial score (nSPS) is 11.9. The highest BCUT2D eigenvalue weighted by atomic mass is 19.4. The van der Waals surface area contributed by atoms with Gasteiger partial charge in [-0.05, 0) is 30.3 Å². The highest BCUT2D eigenvalue weighted by Gasteiger charge is 2.30. The molecule has 0 aliphatic rings. The van der Waals surface area contributed by atoms with E-state index >= 15 is 0 Å². The van der Waals surface area contributed by atoms with Gasteiger partial charge in [0.05, 0.1) is 17.4 Å². The molecule has 0 aliphatic carbocycles. The van der Waals surface area contributed by atoms with E-state index in [0.717, 1.165) is 29.1 Å². The van der Waals surface area contributed by atoms with E-state index < -0.39 is 11.7 Å². The lowest BCUT2D eigenvalue weighted by Crippen LogP contribution is -2.10. The number of aromatic amines is 1. The molecule has 0 saturated carbocycles. The number of anilines is 1. The Morgan fingerprint density at radius 1 is 1.09 bits per heavy atom. The van der Waals surface area contributed by atoms with Gasteiger partial charge >= 0.3 is 6.18 Å². The van der Waals surface area contributed by atoms with Gasteiger partial charge in [0.15, 0.2) is 0 Å². The number of hydrogen-bond donors (Lipinski definition) is 1. The molecule has 0 aliphatic heterocycles. The smallest absolute Gasteiger partial charge is 0.376 e. The van der Waals surface area contributed by atoms with Crippen molar-refractivity contribution in [2.45, 2.75) is 6.18 Å². The van der Waals surface area contributed by atoms with E-state index in [2.05, 4.69) is 9.97 Å². The molecule has 6 heteroatoms. The summed E-state index contributed by atoms with van der Waals surface area (Å²) >= 11 is 0. The molecule has 22 heavy (non-hydrogen) atoms. The van der Waals surface area contributed by atoms with Crippen LogP contribution >= 0.6 is 0 Å². The lowest BCUT2D eigenvalue weighted by molar-refractivity contribution is -0.137. The Bertz CT molecular complexity index is 819. The number of H-pyrrole nitrogens is 1. The molecule has 0 atom stereocenters. The fourth-order valence-electron chi connectivity index (χ4n) is 2.42. The Morgan fingerprint density at radius 3 is 2.55 bits per heavy atom. The van der Waals surface area contributed by atoms with Crippen molar-refractivity contribution in [1.29, 1.82) is 0 Å². The van der Waals surface area contributed by atoms with Crippen molar-refractivity contribution in [2.75, 3.05) is 19.0 Å². The van der Waals surface area contributed by atoms with Crippen molar-refractivity contribution in [3.63, 3.8) is 0 Å². The number of halogens is 3. The van der Waals surface area contributed by atoms with E-state index in [4.69, 9.17) is 0 Å². The highest BCUT2D eigenvalue weighted by molar-refractivity contribution is 5.89. The predicted octanol–water partition coefficient (Wildman–Crippen LogP) is 4.31. The quantitative estimate of drug-likeness (QED) is 0.765. The van der Waals surface area contributed by atoms with Crippen LogP contribution in [-0.2, 0) is 6.18 Å². The van der Waals surface area contributed by atoms with Crippen LogP contribution in [0.5, 0.6) is 0 Å². The standard InChI is InChI=1S/C16H14F3N3/c1-22(2)15-9-20-6-5-12(15)14-8-10-7-11(16(17,18)19)3-4-13(10)21-14/h3-9,21H,1-2H3. The van der Waals surface area contributed by atoms with Crippen molar-refractivity contribution in [1.82, 2.24) is 9.97 Å². The van der Waals surface area contributed by atoms with Gasteiger partial charge in [-0.15, -0.1) is 0 Å². The van der Waals surface area contributed by atoms with Crippen molar-refractivity contribution < 1.29 is 13.2 Å². The van der Waals surface area contributed by atoms with Crippen LogP contribution in [0.2, 0.25) is 0 Å². The van der Waals surface area contributed by atoms with E-state index in [1.807, 2.05) is 25.1 Å². The van der Waals surface area contributed by atoms with Crippen LogP contribution in [0.15, 0.2) is 42.7 Å². The first-order valence-corrected chi connectivity index (χ1v) is 6.68. The molecule has 0 unspecified atom stereocenters. The molecule has 3 nitrogen and oxygen atoms in total. The third-order valence-electron chi connectivity index (χ3n) is 3.52. The molecule has 0 fully saturated rings. The summed E-state index contributed by atoms with van der Waals surface area (Å²) in [5, 5.41) is 0.534. The van der Waals surface area contributed by atoms with Gasteiger partial charge in [-0.1, -0.05) is 0 Å². The Kier molecular flexibility index (Phi) is 3.31. The Hall–Kier alpha value is -2.50. The van der Waals surface area contributed by atoms with E-state index in [-0.39, 0.29) is 0 Å². The van der Waals surface area contributed by atoms with E-state index in [9.17, 15) is 13.2 Å². The first-order valence-electron chi connectivity index (χ1n) is 6.68. The molecule has 3 aromatic rings. The number of nitrogens with one attached hydrogen (secondary N) is 1. The van der Waals surface area contributed by atoms with Gasteiger partial charge in [0.25, 0.3) is 0 Å². The molecule has 0 radical (unpaired) electrons. The third-order valence-corrected chi connectivity index (χ3v) is 3.52. The topological polar surface area (TPSA) is 31.9 Å². The lowest BCUT2D eigenvalue weighted by Gasteiger charge is -2.15. The lowest BCUT2D eigenvalue weighted by atomic mass is 10.1. The number of hydrogen-bond acceptors (Lipinski definition) is 2. The van der Waals surface area contributed by atoms with E-state index in [0.29, 0.717) is 10.9 Å². The summed E-state index contributed by atoms with van der Waals surface area (Å²) in [5.74, 6) is 0. The van der Waals surface area contributed by atoms with E-state index in [1.165, 1.54) is 6.07 Å². The fraction of sp³-hybridized carbons (Fsp3) is 0.188. The molecule has 114 valence electrons.